The SMILES string of the molecule is Cc1nsc(NC(=O)NCC2(C(=O)O)CCCCCC2)n1. The van der Waals surface area contributed by atoms with E-state index in [1.807, 2.05) is 0 Å². The third-order valence-electron chi connectivity index (χ3n) is 3.85. The number of aliphatic carboxylic acids is 1. The number of carbonyl (C=O) groups is 2. The predicted molar refractivity (Wildman–Crippen MR) is 79.4 cm³/mol. The number of hydrogen-bond acceptors (Lipinski definition) is 5. The van der Waals surface area contributed by atoms with Gasteiger partial charge in [-0.2, -0.15) is 4.37 Å². The second-order valence-electron chi connectivity index (χ2n) is 5.45. The van der Waals surface area contributed by atoms with Crippen molar-refractivity contribution in [1.82, 2.24) is 14.7 Å². The molecule has 0 bridgehead atoms. The Hall–Kier alpha value is -1.70. The molecule has 0 spiro atoms. The molecule has 1 fully saturated rings. The van der Waals surface area contributed by atoms with Crippen LogP contribution in [0.2, 0.25) is 0 Å². The zero-order valence-electron chi connectivity index (χ0n) is 12.0. The number of carbonyl (C=O) groups excluding carboxylic acids is 1. The average Bonchev–Trinajstić information content (AvgIpc) is 2.71. The summed E-state index contributed by atoms with van der Waals surface area (Å²) in [6.07, 6.45) is 5.13. The molecule has 0 aliphatic heterocycles. The largest absolute Gasteiger partial charge is 0.481 e. The lowest BCUT2D eigenvalue weighted by Gasteiger charge is -2.28. The third kappa shape index (κ3) is 4.13. The van der Waals surface area contributed by atoms with Crippen LogP contribution in [0.25, 0.3) is 0 Å². The summed E-state index contributed by atoms with van der Waals surface area (Å²) in [5, 5.41) is 15.2. The molecule has 116 valence electrons. The molecule has 0 unspecified atom stereocenters. The van der Waals surface area contributed by atoms with E-state index in [9.17, 15) is 14.7 Å². The number of carboxylic acid groups (broad SMARTS) is 1. The van der Waals surface area contributed by atoms with Crippen LogP contribution in [-0.2, 0) is 4.79 Å². The van der Waals surface area contributed by atoms with Crippen LogP contribution in [-0.4, -0.2) is 33.0 Å². The van der Waals surface area contributed by atoms with E-state index < -0.39 is 17.4 Å². The third-order valence-corrected chi connectivity index (χ3v) is 4.57. The standard InChI is InChI=1S/C13H20N4O3S/c1-9-15-12(21-17-9)16-11(20)14-8-13(10(18)19)6-4-2-3-5-7-13/h2-8H2,1H3,(H,18,19)(H2,14,15,16,17,20). The summed E-state index contributed by atoms with van der Waals surface area (Å²) in [4.78, 5) is 27.5. The van der Waals surface area contributed by atoms with Crippen molar-refractivity contribution >= 4 is 28.7 Å². The van der Waals surface area contributed by atoms with Crippen LogP contribution in [0.1, 0.15) is 44.3 Å². The van der Waals surface area contributed by atoms with Gasteiger partial charge in [-0.25, -0.2) is 9.78 Å². The number of nitrogens with zero attached hydrogens (tertiary/aromatic N) is 2. The van der Waals surface area contributed by atoms with Crippen molar-refractivity contribution in [2.24, 2.45) is 5.41 Å². The molecule has 7 nitrogen and oxygen atoms in total. The van der Waals surface area contributed by atoms with Gasteiger partial charge in [-0.3, -0.25) is 10.1 Å². The molecule has 1 aromatic heterocycles. The maximum Gasteiger partial charge on any atom is 0.321 e. The highest BCUT2D eigenvalue weighted by atomic mass is 32.1. The number of amides is 2. The summed E-state index contributed by atoms with van der Waals surface area (Å²) in [6.45, 7) is 1.89. The molecule has 0 saturated heterocycles. The molecule has 0 atom stereocenters. The molecule has 2 amide bonds. The number of rotatable bonds is 4. The van der Waals surface area contributed by atoms with Crippen molar-refractivity contribution in [3.05, 3.63) is 5.82 Å². The quantitative estimate of drug-likeness (QED) is 0.740. The summed E-state index contributed by atoms with van der Waals surface area (Å²) in [5.41, 5.74) is -0.842. The summed E-state index contributed by atoms with van der Waals surface area (Å²) in [6, 6.07) is -0.434. The second-order valence-corrected chi connectivity index (χ2v) is 6.21. The highest BCUT2D eigenvalue weighted by Crippen LogP contribution is 2.34. The Morgan fingerprint density at radius 1 is 1.29 bits per heavy atom. The van der Waals surface area contributed by atoms with E-state index in [1.54, 1.807) is 6.92 Å². The number of urea groups is 1. The van der Waals surface area contributed by atoms with Crippen molar-refractivity contribution < 1.29 is 14.7 Å². The zero-order chi connectivity index (χ0) is 15.3. The number of aryl methyl sites for hydroxylation is 1. The molecular weight excluding hydrogens is 292 g/mol. The fraction of sp³-hybridized carbons (Fsp3) is 0.692. The Labute approximate surface area is 127 Å². The fourth-order valence-corrected chi connectivity index (χ4v) is 3.18. The van der Waals surface area contributed by atoms with Crippen LogP contribution in [0.3, 0.4) is 0 Å². The highest BCUT2D eigenvalue weighted by Gasteiger charge is 2.38. The maximum atomic E-state index is 11.8. The van der Waals surface area contributed by atoms with Gasteiger partial charge in [0.05, 0.1) is 5.41 Å². The van der Waals surface area contributed by atoms with E-state index in [1.165, 1.54) is 0 Å². The highest BCUT2D eigenvalue weighted by molar-refractivity contribution is 7.09. The summed E-state index contributed by atoms with van der Waals surface area (Å²) >= 11 is 1.10. The first kappa shape index (κ1) is 15.7. The number of hydrogen-bond donors (Lipinski definition) is 3. The van der Waals surface area contributed by atoms with Crippen molar-refractivity contribution in [2.75, 3.05) is 11.9 Å². The number of carboxylic acids is 1. The smallest absolute Gasteiger partial charge is 0.321 e. The maximum absolute atomic E-state index is 11.8. The van der Waals surface area contributed by atoms with E-state index in [0.29, 0.717) is 23.8 Å². The predicted octanol–water partition coefficient (Wildman–Crippen LogP) is 2.39. The summed E-state index contributed by atoms with van der Waals surface area (Å²) in [7, 11) is 0. The lowest BCUT2D eigenvalue weighted by Crippen LogP contribution is -2.44. The topological polar surface area (TPSA) is 104 Å². The molecule has 0 aromatic carbocycles. The van der Waals surface area contributed by atoms with Gasteiger partial charge in [0.15, 0.2) is 0 Å². The first-order chi connectivity index (χ1) is 10.0. The van der Waals surface area contributed by atoms with Gasteiger partial charge in [-0.15, -0.1) is 0 Å². The minimum Gasteiger partial charge on any atom is -0.481 e. The van der Waals surface area contributed by atoms with Crippen LogP contribution >= 0.6 is 11.5 Å². The van der Waals surface area contributed by atoms with E-state index in [0.717, 1.165) is 37.2 Å². The fourth-order valence-electron chi connectivity index (χ4n) is 2.61. The van der Waals surface area contributed by atoms with Crippen LogP contribution in [0, 0.1) is 12.3 Å². The van der Waals surface area contributed by atoms with Gasteiger partial charge in [0.2, 0.25) is 5.13 Å². The molecule has 2 rings (SSSR count). The van der Waals surface area contributed by atoms with Crippen molar-refractivity contribution in [2.45, 2.75) is 45.4 Å². The summed E-state index contributed by atoms with van der Waals surface area (Å²) in [5.74, 6) is -0.225. The van der Waals surface area contributed by atoms with E-state index in [4.69, 9.17) is 0 Å². The Bertz CT molecular complexity index is 509. The molecule has 21 heavy (non-hydrogen) atoms. The number of aromatic nitrogens is 2. The first-order valence-electron chi connectivity index (χ1n) is 7.10. The van der Waals surface area contributed by atoms with Crippen LogP contribution < -0.4 is 10.6 Å². The molecule has 1 aromatic rings. The lowest BCUT2D eigenvalue weighted by molar-refractivity contribution is -0.149. The summed E-state index contributed by atoms with van der Waals surface area (Å²) < 4.78 is 3.97. The Balaban J connectivity index is 1.92. The molecule has 1 heterocycles. The van der Waals surface area contributed by atoms with Crippen molar-refractivity contribution in [3.8, 4) is 0 Å². The molecular formula is C13H20N4O3S. The first-order valence-corrected chi connectivity index (χ1v) is 7.88. The molecule has 3 N–H and O–H groups in total. The van der Waals surface area contributed by atoms with Gasteiger partial charge in [0, 0.05) is 18.1 Å². The minimum atomic E-state index is -0.842. The lowest BCUT2D eigenvalue weighted by atomic mass is 9.80. The molecule has 1 aliphatic rings. The van der Waals surface area contributed by atoms with Crippen LogP contribution in [0.4, 0.5) is 9.93 Å². The normalized spacial score (nSPS) is 17.8. The monoisotopic (exact) mass is 312 g/mol. The van der Waals surface area contributed by atoms with Crippen LogP contribution in [0.5, 0.6) is 0 Å². The van der Waals surface area contributed by atoms with Crippen LogP contribution in [0.15, 0.2) is 0 Å². The average molecular weight is 312 g/mol. The molecule has 1 aliphatic carbocycles. The van der Waals surface area contributed by atoms with Gasteiger partial charge in [-0.1, -0.05) is 25.7 Å². The number of nitrogens with one attached hydrogen (secondary N) is 2. The second kappa shape index (κ2) is 6.84. The Morgan fingerprint density at radius 2 is 1.95 bits per heavy atom. The molecule has 0 radical (unpaired) electrons. The number of anilines is 1. The Kier molecular flexibility index (Phi) is 5.11. The zero-order valence-corrected chi connectivity index (χ0v) is 12.8. The van der Waals surface area contributed by atoms with Gasteiger partial charge < -0.3 is 10.4 Å². The van der Waals surface area contributed by atoms with E-state index >= 15 is 0 Å². The molecule has 1 saturated carbocycles. The van der Waals surface area contributed by atoms with Crippen molar-refractivity contribution in [3.63, 3.8) is 0 Å². The van der Waals surface area contributed by atoms with Gasteiger partial charge in [0.25, 0.3) is 0 Å². The van der Waals surface area contributed by atoms with E-state index in [-0.39, 0.29) is 6.54 Å². The Morgan fingerprint density at radius 3 is 2.48 bits per heavy atom. The van der Waals surface area contributed by atoms with Gasteiger partial charge in [0.1, 0.15) is 5.82 Å². The van der Waals surface area contributed by atoms with Gasteiger partial charge in [-0.05, 0) is 19.8 Å². The molecule has 8 heteroatoms. The van der Waals surface area contributed by atoms with E-state index in [2.05, 4.69) is 20.0 Å². The minimum absolute atomic E-state index is 0.145. The van der Waals surface area contributed by atoms with Gasteiger partial charge >= 0.3 is 12.0 Å². The van der Waals surface area contributed by atoms with Crippen molar-refractivity contribution in [1.29, 1.82) is 0 Å².